The molecule has 1 aromatic carbocycles. The summed E-state index contributed by atoms with van der Waals surface area (Å²) in [6.07, 6.45) is -0.919. The van der Waals surface area contributed by atoms with Gasteiger partial charge < -0.3 is 20.8 Å². The molecule has 2 rings (SSSR count). The summed E-state index contributed by atoms with van der Waals surface area (Å²) in [7, 11) is 0. The standard InChI is InChI=1S/C21H32FN3O4/c1-13(2)16(20(28)29)9-18(26)17(23)10-24-11-19(27)25(12-21(24,3)4)15-7-5-14(22)6-8-15/h5-8,13,16-18,26H,9-12,23H2,1-4H3,(H,28,29)/t16-,17-,18-/m0/s1. The van der Waals surface area contributed by atoms with E-state index in [0.717, 1.165) is 0 Å². The van der Waals surface area contributed by atoms with Crippen LogP contribution in [0.3, 0.4) is 0 Å². The van der Waals surface area contributed by atoms with Crippen LogP contribution in [0, 0.1) is 17.7 Å². The zero-order valence-electron chi connectivity index (χ0n) is 17.5. The molecule has 29 heavy (non-hydrogen) atoms. The number of hydrogen-bond acceptors (Lipinski definition) is 5. The molecule has 0 spiro atoms. The highest BCUT2D eigenvalue weighted by Gasteiger charge is 2.40. The third kappa shape index (κ3) is 5.74. The summed E-state index contributed by atoms with van der Waals surface area (Å²) in [4.78, 5) is 27.6. The van der Waals surface area contributed by atoms with E-state index >= 15 is 0 Å². The lowest BCUT2D eigenvalue weighted by atomic mass is 9.87. The number of aliphatic carboxylic acids is 1. The summed E-state index contributed by atoms with van der Waals surface area (Å²) in [5.74, 6) is -2.24. The van der Waals surface area contributed by atoms with Crippen molar-refractivity contribution in [1.29, 1.82) is 0 Å². The van der Waals surface area contributed by atoms with Gasteiger partial charge in [-0.2, -0.15) is 0 Å². The molecule has 0 radical (unpaired) electrons. The molecule has 0 aliphatic carbocycles. The number of amides is 1. The van der Waals surface area contributed by atoms with Crippen LogP contribution in [0.1, 0.15) is 34.1 Å². The maximum atomic E-state index is 13.2. The van der Waals surface area contributed by atoms with E-state index in [9.17, 15) is 24.2 Å². The zero-order chi connectivity index (χ0) is 21.9. The second-order valence-corrected chi connectivity index (χ2v) is 8.80. The molecule has 0 aromatic heterocycles. The van der Waals surface area contributed by atoms with Crippen molar-refractivity contribution in [1.82, 2.24) is 4.90 Å². The Morgan fingerprint density at radius 1 is 1.28 bits per heavy atom. The van der Waals surface area contributed by atoms with Crippen LogP contribution in [0.15, 0.2) is 24.3 Å². The van der Waals surface area contributed by atoms with Crippen molar-refractivity contribution in [3.8, 4) is 0 Å². The van der Waals surface area contributed by atoms with Crippen molar-refractivity contribution in [3.05, 3.63) is 30.1 Å². The Hall–Kier alpha value is -2.03. The highest BCUT2D eigenvalue weighted by molar-refractivity contribution is 5.95. The van der Waals surface area contributed by atoms with Gasteiger partial charge in [0.05, 0.1) is 18.6 Å². The second-order valence-electron chi connectivity index (χ2n) is 8.80. The molecule has 1 aliphatic heterocycles. The van der Waals surface area contributed by atoms with Crippen molar-refractivity contribution in [2.24, 2.45) is 17.6 Å². The quantitative estimate of drug-likeness (QED) is 0.603. The van der Waals surface area contributed by atoms with Gasteiger partial charge in [-0.15, -0.1) is 0 Å². The third-order valence-corrected chi connectivity index (χ3v) is 5.71. The number of piperazine rings is 1. The van der Waals surface area contributed by atoms with E-state index in [2.05, 4.69) is 0 Å². The maximum absolute atomic E-state index is 13.2. The maximum Gasteiger partial charge on any atom is 0.306 e. The number of nitrogens with two attached hydrogens (primary N) is 1. The third-order valence-electron chi connectivity index (χ3n) is 5.71. The molecule has 8 heteroatoms. The van der Waals surface area contributed by atoms with Crippen LogP contribution in [0.2, 0.25) is 0 Å². The van der Waals surface area contributed by atoms with Gasteiger partial charge >= 0.3 is 5.97 Å². The molecule has 1 fully saturated rings. The topological polar surface area (TPSA) is 107 Å². The fourth-order valence-electron chi connectivity index (χ4n) is 3.68. The first kappa shape index (κ1) is 23.3. The van der Waals surface area contributed by atoms with E-state index in [1.54, 1.807) is 30.9 Å². The summed E-state index contributed by atoms with van der Waals surface area (Å²) in [6, 6.07) is 5.11. The Morgan fingerprint density at radius 2 is 1.86 bits per heavy atom. The summed E-state index contributed by atoms with van der Waals surface area (Å²) in [5.41, 5.74) is 6.38. The number of aliphatic hydroxyl groups excluding tert-OH is 1. The van der Waals surface area contributed by atoms with Crippen LogP contribution in [0.4, 0.5) is 10.1 Å². The van der Waals surface area contributed by atoms with Gasteiger partial charge in [0.25, 0.3) is 0 Å². The van der Waals surface area contributed by atoms with Crippen LogP contribution in [-0.2, 0) is 9.59 Å². The fourth-order valence-corrected chi connectivity index (χ4v) is 3.68. The minimum Gasteiger partial charge on any atom is -0.481 e. The SMILES string of the molecule is CC(C)[C@H](C[C@H](O)[C@@H](N)CN1CC(=O)N(c2ccc(F)cc2)CC1(C)C)C(=O)O. The molecule has 1 aliphatic rings. The number of carboxylic acids is 1. The van der Waals surface area contributed by atoms with Crippen LogP contribution in [0.5, 0.6) is 0 Å². The number of carbonyl (C=O) groups excluding carboxylic acids is 1. The normalized spacial score (nSPS) is 20.6. The van der Waals surface area contributed by atoms with E-state index in [1.807, 2.05) is 18.7 Å². The Labute approximate surface area is 171 Å². The summed E-state index contributed by atoms with van der Waals surface area (Å²) in [5, 5.41) is 19.8. The van der Waals surface area contributed by atoms with Crippen molar-refractivity contribution >= 4 is 17.6 Å². The van der Waals surface area contributed by atoms with Crippen molar-refractivity contribution < 1.29 is 24.2 Å². The summed E-state index contributed by atoms with van der Waals surface area (Å²) >= 11 is 0. The number of nitrogens with zero attached hydrogens (tertiary/aromatic N) is 2. The van der Waals surface area contributed by atoms with Crippen LogP contribution in [-0.4, -0.2) is 64.3 Å². The van der Waals surface area contributed by atoms with Gasteiger partial charge in [0.15, 0.2) is 0 Å². The second kappa shape index (κ2) is 9.19. The highest BCUT2D eigenvalue weighted by Crippen LogP contribution is 2.27. The lowest BCUT2D eigenvalue weighted by Crippen LogP contribution is -2.64. The van der Waals surface area contributed by atoms with E-state index < -0.39 is 29.6 Å². The van der Waals surface area contributed by atoms with Gasteiger partial charge in [0, 0.05) is 30.4 Å². The van der Waals surface area contributed by atoms with Crippen molar-refractivity contribution in [3.63, 3.8) is 0 Å². The first-order valence-corrected chi connectivity index (χ1v) is 9.90. The predicted octanol–water partition coefficient (Wildman–Crippen LogP) is 1.69. The van der Waals surface area contributed by atoms with E-state index in [1.165, 1.54) is 12.1 Å². The number of carbonyl (C=O) groups is 2. The number of benzene rings is 1. The molecule has 0 bridgehead atoms. The molecule has 0 saturated carbocycles. The van der Waals surface area contributed by atoms with Gasteiger partial charge in [-0.05, 0) is 50.5 Å². The average molecular weight is 410 g/mol. The monoisotopic (exact) mass is 409 g/mol. The van der Waals surface area contributed by atoms with E-state index in [4.69, 9.17) is 5.73 Å². The van der Waals surface area contributed by atoms with Crippen LogP contribution in [0.25, 0.3) is 0 Å². The lowest BCUT2D eigenvalue weighted by molar-refractivity contribution is -0.144. The molecular weight excluding hydrogens is 377 g/mol. The highest BCUT2D eigenvalue weighted by atomic mass is 19.1. The zero-order valence-corrected chi connectivity index (χ0v) is 17.5. The average Bonchev–Trinajstić information content (AvgIpc) is 2.62. The number of halogens is 1. The predicted molar refractivity (Wildman–Crippen MR) is 109 cm³/mol. The molecule has 1 heterocycles. The summed E-state index contributed by atoms with van der Waals surface area (Å²) < 4.78 is 13.2. The largest absolute Gasteiger partial charge is 0.481 e. The Kier molecular flexibility index (Phi) is 7.37. The van der Waals surface area contributed by atoms with Gasteiger partial charge in [-0.1, -0.05) is 13.8 Å². The molecule has 4 N–H and O–H groups in total. The molecule has 3 atom stereocenters. The minimum absolute atomic E-state index is 0.0675. The number of anilines is 1. The number of hydrogen-bond donors (Lipinski definition) is 3. The Bertz CT molecular complexity index is 723. The molecule has 1 aromatic rings. The number of aliphatic hydroxyl groups is 1. The molecule has 162 valence electrons. The van der Waals surface area contributed by atoms with Gasteiger partial charge in [-0.25, -0.2) is 4.39 Å². The first-order chi connectivity index (χ1) is 13.4. The smallest absolute Gasteiger partial charge is 0.306 e. The molecule has 1 saturated heterocycles. The summed E-state index contributed by atoms with van der Waals surface area (Å²) in [6.45, 7) is 8.32. The fraction of sp³-hybridized carbons (Fsp3) is 0.619. The minimum atomic E-state index is -0.987. The van der Waals surface area contributed by atoms with Crippen LogP contribution < -0.4 is 10.6 Å². The first-order valence-electron chi connectivity index (χ1n) is 9.90. The Morgan fingerprint density at radius 3 is 2.38 bits per heavy atom. The van der Waals surface area contributed by atoms with Crippen LogP contribution >= 0.6 is 0 Å². The number of rotatable bonds is 8. The number of carboxylic acid groups (broad SMARTS) is 1. The van der Waals surface area contributed by atoms with E-state index in [-0.39, 0.29) is 37.2 Å². The molecular formula is C21H32FN3O4. The lowest BCUT2D eigenvalue weighted by Gasteiger charge is -2.47. The van der Waals surface area contributed by atoms with Crippen molar-refractivity contribution in [2.45, 2.75) is 51.8 Å². The van der Waals surface area contributed by atoms with Crippen molar-refractivity contribution in [2.75, 3.05) is 24.5 Å². The molecule has 7 nitrogen and oxygen atoms in total. The van der Waals surface area contributed by atoms with Gasteiger partial charge in [-0.3, -0.25) is 14.5 Å². The Balaban J connectivity index is 2.05. The molecule has 1 amide bonds. The van der Waals surface area contributed by atoms with E-state index in [0.29, 0.717) is 12.2 Å². The van der Waals surface area contributed by atoms with Gasteiger partial charge in [0.2, 0.25) is 5.91 Å². The molecule has 0 unspecified atom stereocenters. The van der Waals surface area contributed by atoms with Gasteiger partial charge in [0.1, 0.15) is 5.82 Å².